The van der Waals surface area contributed by atoms with Gasteiger partial charge in [-0.15, -0.1) is 0 Å². The zero-order valence-electron chi connectivity index (χ0n) is 21.0. The number of fused-ring (bicyclic) bond motifs is 2. The average molecular weight is 551 g/mol. The summed E-state index contributed by atoms with van der Waals surface area (Å²) in [6.45, 7) is 6.03. The average Bonchev–Trinajstić information content (AvgIpc) is 2.88. The summed E-state index contributed by atoms with van der Waals surface area (Å²) in [7, 11) is 0. The van der Waals surface area contributed by atoms with E-state index in [4.69, 9.17) is 11.5 Å². The molecule has 12 heteroatoms. The van der Waals surface area contributed by atoms with Gasteiger partial charge in [-0.3, -0.25) is 14.5 Å². The van der Waals surface area contributed by atoms with Crippen LogP contribution in [0.4, 0.5) is 24.5 Å². The molecule has 8 nitrogen and oxygen atoms in total. The number of alkyl halides is 3. The Kier molecular flexibility index (Phi) is 9.19. The van der Waals surface area contributed by atoms with Crippen LogP contribution in [0.3, 0.4) is 0 Å². The lowest BCUT2D eigenvalue weighted by molar-refractivity contribution is -0.137. The molecular formula is C26H33F3N6O2S. The molecule has 0 saturated carbocycles. The molecule has 1 fully saturated rings. The summed E-state index contributed by atoms with van der Waals surface area (Å²) in [4.78, 5) is 31.3. The maximum Gasteiger partial charge on any atom is 0.416 e. The number of hydrogen-bond acceptors (Lipinski definition) is 7. The normalized spacial score (nSPS) is 17.0. The molecule has 1 saturated heterocycles. The zero-order chi connectivity index (χ0) is 27.3. The Bertz CT molecular complexity index is 1140. The second-order valence-corrected chi connectivity index (χ2v) is 10.6. The number of hydrogen-bond donors (Lipinski definition) is 3. The highest BCUT2D eigenvalue weighted by molar-refractivity contribution is 7.99. The van der Waals surface area contributed by atoms with E-state index in [1.807, 2.05) is 29.2 Å². The van der Waals surface area contributed by atoms with E-state index in [0.29, 0.717) is 25.3 Å². The largest absolute Gasteiger partial charge is 0.416 e. The quantitative estimate of drug-likeness (QED) is 0.418. The summed E-state index contributed by atoms with van der Waals surface area (Å²) in [5.41, 5.74) is 11.6. The van der Waals surface area contributed by atoms with Crippen LogP contribution in [0, 0.1) is 0 Å². The second kappa shape index (κ2) is 12.4. The van der Waals surface area contributed by atoms with Crippen molar-refractivity contribution in [2.45, 2.75) is 34.9 Å². The Hall–Kier alpha value is -2.80. The Morgan fingerprint density at radius 1 is 0.947 bits per heavy atom. The molecule has 0 aliphatic carbocycles. The number of nitrogens with zero attached hydrogens (tertiary/aromatic N) is 3. The molecule has 206 valence electrons. The highest BCUT2D eigenvalue weighted by Crippen LogP contribution is 2.49. The van der Waals surface area contributed by atoms with Gasteiger partial charge in [0.15, 0.2) is 0 Å². The SMILES string of the molecule is NC(=O)CC(N)C(=O)NCCN1CCN(CCCN2c3ccccc3Sc3ccc(C(F)(F)F)cc32)CC1. The van der Waals surface area contributed by atoms with Crippen LogP contribution in [0.5, 0.6) is 0 Å². The monoisotopic (exact) mass is 550 g/mol. The number of carbonyl (C=O) groups is 2. The Balaban J connectivity index is 1.26. The predicted octanol–water partition coefficient (Wildman–Crippen LogP) is 2.63. The van der Waals surface area contributed by atoms with E-state index in [0.717, 1.165) is 60.7 Å². The Morgan fingerprint density at radius 2 is 1.61 bits per heavy atom. The number of carbonyl (C=O) groups excluding carboxylic acids is 2. The van der Waals surface area contributed by atoms with Crippen molar-refractivity contribution < 1.29 is 22.8 Å². The van der Waals surface area contributed by atoms with E-state index in [1.54, 1.807) is 6.07 Å². The van der Waals surface area contributed by atoms with E-state index in [9.17, 15) is 22.8 Å². The number of amides is 2. The Morgan fingerprint density at radius 3 is 2.29 bits per heavy atom. The van der Waals surface area contributed by atoms with Crippen LogP contribution >= 0.6 is 11.8 Å². The van der Waals surface area contributed by atoms with Gasteiger partial charge in [0.2, 0.25) is 11.8 Å². The van der Waals surface area contributed by atoms with Crippen molar-refractivity contribution in [2.75, 3.05) is 57.3 Å². The van der Waals surface area contributed by atoms with Crippen molar-refractivity contribution in [3.05, 3.63) is 48.0 Å². The lowest BCUT2D eigenvalue weighted by Gasteiger charge is -2.36. The standard InChI is InChI=1S/C26H33F3N6O2S/c27-26(28,29)18-6-7-23-21(16-18)35(20-4-1-2-5-22(20)38-23)10-3-9-33-12-14-34(15-13-33)11-8-32-25(37)19(30)17-24(31)36/h1-2,4-7,16,19H,3,8-15,17,30H2,(H2,31,36)(H,32,37). The van der Waals surface area contributed by atoms with E-state index in [-0.39, 0.29) is 12.3 Å². The van der Waals surface area contributed by atoms with Crippen LogP contribution in [0.2, 0.25) is 0 Å². The zero-order valence-corrected chi connectivity index (χ0v) is 21.9. The molecule has 38 heavy (non-hydrogen) atoms. The number of primary amides is 1. The van der Waals surface area contributed by atoms with Crippen LogP contribution in [0.1, 0.15) is 18.4 Å². The highest BCUT2D eigenvalue weighted by atomic mass is 32.2. The van der Waals surface area contributed by atoms with E-state index >= 15 is 0 Å². The first kappa shape index (κ1) is 28.2. The first-order valence-corrected chi connectivity index (χ1v) is 13.5. The summed E-state index contributed by atoms with van der Waals surface area (Å²) < 4.78 is 40.3. The van der Waals surface area contributed by atoms with E-state index in [1.165, 1.54) is 17.8 Å². The third-order valence-electron chi connectivity index (χ3n) is 6.76. The van der Waals surface area contributed by atoms with Gasteiger partial charge in [-0.2, -0.15) is 13.2 Å². The van der Waals surface area contributed by atoms with Gasteiger partial charge in [0.05, 0.1) is 29.4 Å². The molecule has 1 unspecified atom stereocenters. The number of rotatable bonds is 10. The molecule has 0 aromatic heterocycles. The third-order valence-corrected chi connectivity index (χ3v) is 7.89. The van der Waals surface area contributed by atoms with E-state index in [2.05, 4.69) is 15.1 Å². The van der Waals surface area contributed by atoms with Gasteiger partial charge in [-0.1, -0.05) is 23.9 Å². The van der Waals surface area contributed by atoms with Crippen LogP contribution in [-0.4, -0.2) is 80.0 Å². The molecule has 2 aromatic rings. The topological polar surface area (TPSA) is 108 Å². The van der Waals surface area contributed by atoms with Crippen LogP contribution < -0.4 is 21.7 Å². The van der Waals surface area contributed by atoms with Crippen molar-refractivity contribution >= 4 is 35.0 Å². The number of nitrogens with one attached hydrogen (secondary N) is 1. The summed E-state index contributed by atoms with van der Waals surface area (Å²) in [5.74, 6) is -0.994. The minimum Gasteiger partial charge on any atom is -0.370 e. The van der Waals surface area contributed by atoms with Gasteiger partial charge in [0.25, 0.3) is 0 Å². The van der Waals surface area contributed by atoms with Gasteiger partial charge in [0, 0.05) is 55.6 Å². The third kappa shape index (κ3) is 7.19. The number of halogens is 3. The minimum atomic E-state index is -4.39. The molecule has 2 heterocycles. The molecule has 1 atom stereocenters. The number of anilines is 2. The number of benzene rings is 2. The molecule has 0 spiro atoms. The first-order valence-electron chi connectivity index (χ1n) is 12.6. The fraction of sp³-hybridized carbons (Fsp3) is 0.462. The lowest BCUT2D eigenvalue weighted by Crippen LogP contribution is -2.50. The fourth-order valence-electron chi connectivity index (χ4n) is 4.71. The number of para-hydroxylation sites is 1. The molecule has 4 rings (SSSR count). The maximum atomic E-state index is 13.4. The molecule has 0 bridgehead atoms. The summed E-state index contributed by atoms with van der Waals surface area (Å²) >= 11 is 1.50. The van der Waals surface area contributed by atoms with Crippen molar-refractivity contribution in [1.82, 2.24) is 15.1 Å². The number of nitrogens with two attached hydrogens (primary N) is 2. The van der Waals surface area contributed by atoms with Crippen molar-refractivity contribution in [3.63, 3.8) is 0 Å². The fourth-order valence-corrected chi connectivity index (χ4v) is 5.79. The van der Waals surface area contributed by atoms with Gasteiger partial charge in [-0.25, -0.2) is 0 Å². The Labute approximate surface area is 224 Å². The van der Waals surface area contributed by atoms with Gasteiger partial charge in [-0.05, 0) is 43.3 Å². The van der Waals surface area contributed by atoms with Crippen LogP contribution in [-0.2, 0) is 15.8 Å². The number of piperazine rings is 1. The molecule has 2 amide bonds. The molecule has 2 aliphatic rings. The minimum absolute atomic E-state index is 0.179. The lowest BCUT2D eigenvalue weighted by atomic mass is 10.1. The molecule has 0 radical (unpaired) electrons. The van der Waals surface area contributed by atoms with Crippen molar-refractivity contribution in [1.29, 1.82) is 0 Å². The summed E-state index contributed by atoms with van der Waals surface area (Å²) in [5, 5.41) is 2.74. The van der Waals surface area contributed by atoms with Crippen LogP contribution in [0.25, 0.3) is 0 Å². The summed E-state index contributed by atoms with van der Waals surface area (Å²) in [6.07, 6.45) is -3.76. The smallest absolute Gasteiger partial charge is 0.370 e. The molecular weight excluding hydrogens is 517 g/mol. The predicted molar refractivity (Wildman–Crippen MR) is 141 cm³/mol. The van der Waals surface area contributed by atoms with E-state index < -0.39 is 23.7 Å². The highest BCUT2D eigenvalue weighted by Gasteiger charge is 2.33. The second-order valence-electron chi connectivity index (χ2n) is 9.51. The maximum absolute atomic E-state index is 13.4. The van der Waals surface area contributed by atoms with Crippen molar-refractivity contribution in [2.24, 2.45) is 11.5 Å². The summed E-state index contributed by atoms with van der Waals surface area (Å²) in [6, 6.07) is 10.9. The van der Waals surface area contributed by atoms with Gasteiger partial charge in [0.1, 0.15) is 0 Å². The first-order chi connectivity index (χ1) is 18.1. The molecule has 2 aliphatic heterocycles. The van der Waals surface area contributed by atoms with Gasteiger partial charge < -0.3 is 26.6 Å². The van der Waals surface area contributed by atoms with Crippen LogP contribution in [0.15, 0.2) is 52.3 Å². The molecule has 2 aromatic carbocycles. The van der Waals surface area contributed by atoms with Gasteiger partial charge >= 0.3 is 6.18 Å². The van der Waals surface area contributed by atoms with Crippen molar-refractivity contribution in [3.8, 4) is 0 Å². The molecule has 5 N–H and O–H groups in total.